The predicted octanol–water partition coefficient (Wildman–Crippen LogP) is 5.36. The lowest BCUT2D eigenvalue weighted by Crippen LogP contribution is -2.14. The van der Waals surface area contributed by atoms with E-state index in [0.717, 1.165) is 12.0 Å². The Hall–Kier alpha value is -1.02. The van der Waals surface area contributed by atoms with Crippen LogP contribution >= 0.6 is 23.2 Å². The van der Waals surface area contributed by atoms with Gasteiger partial charge in [0.1, 0.15) is 0 Å². The maximum absolute atomic E-state index is 6.26. The van der Waals surface area contributed by atoms with E-state index in [4.69, 9.17) is 28.9 Å². The zero-order chi connectivity index (χ0) is 14.7. The van der Waals surface area contributed by atoms with Gasteiger partial charge in [0.05, 0.1) is 0 Å². The van der Waals surface area contributed by atoms with Crippen molar-refractivity contribution in [3.8, 4) is 0 Å². The average Bonchev–Trinajstić information content (AvgIpc) is 2.39. The van der Waals surface area contributed by atoms with E-state index in [1.807, 2.05) is 18.2 Å². The number of benzene rings is 2. The Morgan fingerprint density at radius 1 is 0.950 bits per heavy atom. The Labute approximate surface area is 130 Å². The Morgan fingerprint density at radius 3 is 2.00 bits per heavy atom. The van der Waals surface area contributed by atoms with Gasteiger partial charge in [0, 0.05) is 21.7 Å². The summed E-state index contributed by atoms with van der Waals surface area (Å²) in [7, 11) is 0. The molecule has 1 nitrogen and oxygen atoms in total. The number of rotatable bonds is 4. The lowest BCUT2D eigenvalue weighted by Gasteiger charge is -2.16. The molecular weight excluding hydrogens is 289 g/mol. The van der Waals surface area contributed by atoms with E-state index < -0.39 is 0 Å². The van der Waals surface area contributed by atoms with Gasteiger partial charge in [0.2, 0.25) is 0 Å². The summed E-state index contributed by atoms with van der Waals surface area (Å²) in [6, 6.07) is 13.8. The van der Waals surface area contributed by atoms with Crippen LogP contribution in [0.4, 0.5) is 0 Å². The third-order valence-corrected chi connectivity index (χ3v) is 4.13. The zero-order valence-electron chi connectivity index (χ0n) is 11.7. The van der Waals surface area contributed by atoms with Crippen LogP contribution in [-0.2, 0) is 6.42 Å². The molecule has 0 radical (unpaired) electrons. The molecule has 0 bridgehead atoms. The van der Waals surface area contributed by atoms with E-state index in [-0.39, 0.29) is 6.04 Å². The highest BCUT2D eigenvalue weighted by molar-refractivity contribution is 6.36. The van der Waals surface area contributed by atoms with Gasteiger partial charge >= 0.3 is 0 Å². The Balaban J connectivity index is 2.17. The van der Waals surface area contributed by atoms with E-state index in [0.29, 0.717) is 16.0 Å². The fourth-order valence-corrected chi connectivity index (χ4v) is 2.94. The first-order valence-electron chi connectivity index (χ1n) is 6.77. The summed E-state index contributed by atoms with van der Waals surface area (Å²) in [5.41, 5.74) is 9.60. The van der Waals surface area contributed by atoms with Crippen LogP contribution in [0.15, 0.2) is 42.5 Å². The van der Waals surface area contributed by atoms with Gasteiger partial charge in [-0.15, -0.1) is 0 Å². The zero-order valence-corrected chi connectivity index (χ0v) is 13.2. The number of halogens is 2. The van der Waals surface area contributed by atoms with Crippen molar-refractivity contribution in [1.29, 1.82) is 0 Å². The summed E-state index contributed by atoms with van der Waals surface area (Å²) in [6.45, 7) is 4.37. The summed E-state index contributed by atoms with van der Waals surface area (Å²) >= 11 is 12.4. The minimum atomic E-state index is -0.193. The molecule has 0 aliphatic heterocycles. The van der Waals surface area contributed by atoms with E-state index in [9.17, 15) is 0 Å². The third kappa shape index (κ3) is 3.54. The van der Waals surface area contributed by atoms with Crippen LogP contribution in [0.5, 0.6) is 0 Å². The highest BCUT2D eigenvalue weighted by Gasteiger charge is 2.14. The van der Waals surface area contributed by atoms with Gasteiger partial charge in [-0.2, -0.15) is 0 Å². The molecule has 2 N–H and O–H groups in total. The summed E-state index contributed by atoms with van der Waals surface area (Å²) in [5, 5.41) is 1.26. The molecule has 0 spiro atoms. The maximum atomic E-state index is 6.26. The first-order chi connectivity index (χ1) is 9.49. The summed E-state index contributed by atoms with van der Waals surface area (Å²) in [5.74, 6) is 0.538. The molecular formula is C17H19Cl2N. The van der Waals surface area contributed by atoms with Crippen molar-refractivity contribution < 1.29 is 0 Å². The molecule has 0 saturated heterocycles. The number of hydrogen-bond donors (Lipinski definition) is 1. The first kappa shape index (κ1) is 15.4. The van der Waals surface area contributed by atoms with Crippen LogP contribution in [0.1, 0.15) is 42.5 Å². The minimum Gasteiger partial charge on any atom is -0.324 e. The van der Waals surface area contributed by atoms with Crippen molar-refractivity contribution in [1.82, 2.24) is 0 Å². The normalized spacial score (nSPS) is 12.7. The Bertz CT molecular complexity index is 556. The van der Waals surface area contributed by atoms with Crippen LogP contribution in [0.25, 0.3) is 0 Å². The molecule has 0 aliphatic carbocycles. The van der Waals surface area contributed by atoms with Gasteiger partial charge in [-0.1, -0.05) is 67.4 Å². The molecule has 0 saturated carbocycles. The van der Waals surface area contributed by atoms with Crippen molar-refractivity contribution in [2.75, 3.05) is 0 Å². The molecule has 0 heterocycles. The lowest BCUT2D eigenvalue weighted by molar-refractivity contribution is 0.721. The number of nitrogens with two attached hydrogens (primary N) is 1. The van der Waals surface area contributed by atoms with Crippen molar-refractivity contribution in [3.63, 3.8) is 0 Å². The lowest BCUT2D eigenvalue weighted by atomic mass is 9.96. The van der Waals surface area contributed by atoms with Gasteiger partial charge in [-0.3, -0.25) is 0 Å². The van der Waals surface area contributed by atoms with Crippen molar-refractivity contribution in [2.24, 2.45) is 5.73 Å². The predicted molar refractivity (Wildman–Crippen MR) is 87.6 cm³/mol. The molecule has 2 aromatic carbocycles. The van der Waals surface area contributed by atoms with Crippen LogP contribution in [0, 0.1) is 0 Å². The molecule has 106 valence electrons. The summed E-state index contributed by atoms with van der Waals surface area (Å²) in [6.07, 6.45) is 0.724. The van der Waals surface area contributed by atoms with Crippen LogP contribution in [-0.4, -0.2) is 0 Å². The van der Waals surface area contributed by atoms with Gasteiger partial charge in [-0.25, -0.2) is 0 Å². The molecule has 20 heavy (non-hydrogen) atoms. The molecule has 0 aromatic heterocycles. The highest BCUT2D eigenvalue weighted by atomic mass is 35.5. The third-order valence-electron chi connectivity index (χ3n) is 3.47. The fraction of sp³-hybridized carbons (Fsp3) is 0.294. The largest absolute Gasteiger partial charge is 0.324 e. The molecule has 1 unspecified atom stereocenters. The van der Waals surface area contributed by atoms with Crippen LogP contribution < -0.4 is 5.73 Å². The summed E-state index contributed by atoms with van der Waals surface area (Å²) in [4.78, 5) is 0. The quantitative estimate of drug-likeness (QED) is 0.808. The summed E-state index contributed by atoms with van der Waals surface area (Å²) < 4.78 is 0. The second-order valence-electron chi connectivity index (χ2n) is 5.34. The monoisotopic (exact) mass is 307 g/mol. The SMILES string of the molecule is CC(C)c1ccc(CC(N)c2c(Cl)cccc2Cl)cc1. The molecule has 3 heteroatoms. The smallest absolute Gasteiger partial charge is 0.0468 e. The first-order valence-corrected chi connectivity index (χ1v) is 7.53. The number of hydrogen-bond acceptors (Lipinski definition) is 1. The standard InChI is InChI=1S/C17H19Cl2N/c1-11(2)13-8-6-12(7-9-13)10-16(20)17-14(18)4-3-5-15(17)19/h3-9,11,16H,10,20H2,1-2H3. The Morgan fingerprint density at radius 2 is 1.50 bits per heavy atom. The van der Waals surface area contributed by atoms with Gasteiger partial charge in [-0.05, 0) is 35.6 Å². The van der Waals surface area contributed by atoms with Gasteiger partial charge in [0.25, 0.3) is 0 Å². The highest BCUT2D eigenvalue weighted by Crippen LogP contribution is 2.31. The average molecular weight is 308 g/mol. The molecule has 0 fully saturated rings. The second-order valence-corrected chi connectivity index (χ2v) is 6.16. The van der Waals surface area contributed by atoms with Crippen molar-refractivity contribution in [3.05, 3.63) is 69.2 Å². The molecule has 0 amide bonds. The van der Waals surface area contributed by atoms with E-state index in [1.54, 1.807) is 0 Å². The fourth-order valence-electron chi connectivity index (χ4n) is 2.26. The van der Waals surface area contributed by atoms with Gasteiger partial charge in [0.15, 0.2) is 0 Å². The van der Waals surface area contributed by atoms with Crippen LogP contribution in [0.3, 0.4) is 0 Å². The minimum absolute atomic E-state index is 0.193. The van der Waals surface area contributed by atoms with E-state index in [2.05, 4.69) is 38.1 Å². The van der Waals surface area contributed by atoms with Crippen molar-refractivity contribution in [2.45, 2.75) is 32.2 Å². The maximum Gasteiger partial charge on any atom is 0.0468 e. The van der Waals surface area contributed by atoms with Crippen molar-refractivity contribution >= 4 is 23.2 Å². The van der Waals surface area contributed by atoms with E-state index in [1.165, 1.54) is 11.1 Å². The Kier molecular flexibility index (Phi) is 5.09. The van der Waals surface area contributed by atoms with Gasteiger partial charge < -0.3 is 5.73 Å². The van der Waals surface area contributed by atoms with Crippen LogP contribution in [0.2, 0.25) is 10.0 Å². The molecule has 0 aliphatic rings. The molecule has 1 atom stereocenters. The topological polar surface area (TPSA) is 26.0 Å². The molecule has 2 aromatic rings. The second kappa shape index (κ2) is 6.62. The molecule has 2 rings (SSSR count). The van der Waals surface area contributed by atoms with E-state index >= 15 is 0 Å².